The maximum absolute atomic E-state index is 11.4. The SMILES string of the molecule is CC1(C)[C@@H]2CC[C@@H](CNc3nc(N4CCCNCC4)nc(N4CCc5ccc([N+](=O)[O-])cc54)n3)[C@@H]1C2. The largest absolute Gasteiger partial charge is 0.354 e. The van der Waals surface area contributed by atoms with Crippen molar-refractivity contribution in [2.45, 2.75) is 46.0 Å². The van der Waals surface area contributed by atoms with E-state index in [-0.39, 0.29) is 10.6 Å². The quantitative estimate of drug-likeness (QED) is 0.460. The minimum atomic E-state index is -0.344. The van der Waals surface area contributed by atoms with Gasteiger partial charge in [-0.3, -0.25) is 10.1 Å². The van der Waals surface area contributed by atoms with Crippen LogP contribution in [0, 0.1) is 33.3 Å². The predicted octanol–water partition coefficient (Wildman–Crippen LogP) is 3.76. The summed E-state index contributed by atoms with van der Waals surface area (Å²) in [6.45, 7) is 10.0. The molecule has 0 radical (unpaired) electrons. The van der Waals surface area contributed by atoms with E-state index in [1.165, 1.54) is 19.3 Å². The third-order valence-electron chi connectivity index (χ3n) is 9.18. The Morgan fingerprint density at radius 2 is 2.00 bits per heavy atom. The molecule has 0 spiro atoms. The van der Waals surface area contributed by atoms with Crippen molar-refractivity contribution in [3.8, 4) is 0 Å². The zero-order valence-electron chi connectivity index (χ0n) is 21.2. The summed E-state index contributed by atoms with van der Waals surface area (Å²) in [5, 5.41) is 18.4. The van der Waals surface area contributed by atoms with Crippen molar-refractivity contribution in [2.24, 2.45) is 23.2 Å². The van der Waals surface area contributed by atoms with Gasteiger partial charge in [0.1, 0.15) is 0 Å². The van der Waals surface area contributed by atoms with Crippen molar-refractivity contribution >= 4 is 29.2 Å². The van der Waals surface area contributed by atoms with E-state index in [1.54, 1.807) is 12.1 Å². The number of rotatable bonds is 6. The average Bonchev–Trinajstić information content (AvgIpc) is 3.11. The molecule has 2 bridgehead atoms. The summed E-state index contributed by atoms with van der Waals surface area (Å²) >= 11 is 0. The van der Waals surface area contributed by atoms with Crippen molar-refractivity contribution in [1.82, 2.24) is 20.3 Å². The lowest BCUT2D eigenvalue weighted by atomic mass is 9.45. The van der Waals surface area contributed by atoms with Gasteiger partial charge in [-0.05, 0) is 67.4 Å². The van der Waals surface area contributed by atoms with Gasteiger partial charge < -0.3 is 20.4 Å². The van der Waals surface area contributed by atoms with Gasteiger partial charge in [-0.1, -0.05) is 19.9 Å². The summed E-state index contributed by atoms with van der Waals surface area (Å²) in [5.41, 5.74) is 2.43. The molecule has 0 amide bonds. The Hall–Kier alpha value is -3.01. The van der Waals surface area contributed by atoms with E-state index in [9.17, 15) is 10.1 Å². The highest BCUT2D eigenvalue weighted by atomic mass is 16.6. The van der Waals surface area contributed by atoms with Crippen LogP contribution < -0.4 is 20.4 Å². The first-order valence-corrected chi connectivity index (χ1v) is 13.4. The summed E-state index contributed by atoms with van der Waals surface area (Å²) in [4.78, 5) is 29.9. The van der Waals surface area contributed by atoms with E-state index >= 15 is 0 Å². The molecule has 1 aromatic heterocycles. The van der Waals surface area contributed by atoms with Crippen LogP contribution in [0.1, 0.15) is 45.1 Å². The molecule has 2 N–H and O–H groups in total. The number of nitrogens with zero attached hydrogens (tertiary/aromatic N) is 6. The predicted molar refractivity (Wildman–Crippen MR) is 140 cm³/mol. The molecule has 5 aliphatic rings. The Bertz CT molecular complexity index is 1140. The van der Waals surface area contributed by atoms with Gasteiger partial charge in [0.05, 0.1) is 10.6 Å². The topological polar surface area (TPSA) is 112 Å². The van der Waals surface area contributed by atoms with Crippen molar-refractivity contribution in [3.63, 3.8) is 0 Å². The summed E-state index contributed by atoms with van der Waals surface area (Å²) in [5.74, 6) is 4.11. The van der Waals surface area contributed by atoms with Crippen molar-refractivity contribution in [2.75, 3.05) is 54.4 Å². The van der Waals surface area contributed by atoms with Crippen LogP contribution in [0.5, 0.6) is 0 Å². The second-order valence-corrected chi connectivity index (χ2v) is 11.4. The number of anilines is 4. The van der Waals surface area contributed by atoms with E-state index in [0.717, 1.165) is 68.7 Å². The molecule has 2 aromatic rings. The number of hydrogen-bond acceptors (Lipinski definition) is 9. The van der Waals surface area contributed by atoms with Crippen LogP contribution >= 0.6 is 0 Å². The minimum Gasteiger partial charge on any atom is -0.354 e. The molecule has 3 atom stereocenters. The van der Waals surface area contributed by atoms with Crippen LogP contribution in [0.4, 0.5) is 29.2 Å². The van der Waals surface area contributed by atoms with E-state index in [2.05, 4.69) is 29.4 Å². The number of aromatic nitrogens is 3. The third-order valence-corrected chi connectivity index (χ3v) is 9.18. The van der Waals surface area contributed by atoms with E-state index < -0.39 is 0 Å². The Kier molecular flexibility index (Phi) is 5.94. The number of non-ortho nitro benzene ring substituents is 1. The molecule has 10 nitrogen and oxygen atoms in total. The fraction of sp³-hybridized carbons (Fsp3) is 0.654. The molecule has 0 unspecified atom stereocenters. The summed E-state index contributed by atoms with van der Waals surface area (Å²) in [7, 11) is 0. The Morgan fingerprint density at radius 3 is 2.81 bits per heavy atom. The number of hydrogen-bond donors (Lipinski definition) is 2. The second kappa shape index (κ2) is 9.14. The van der Waals surface area contributed by atoms with Gasteiger partial charge in [0.15, 0.2) is 0 Å². The maximum atomic E-state index is 11.4. The Labute approximate surface area is 212 Å². The van der Waals surface area contributed by atoms with Crippen LogP contribution in [0.15, 0.2) is 18.2 Å². The fourth-order valence-electron chi connectivity index (χ4n) is 6.86. The summed E-state index contributed by atoms with van der Waals surface area (Å²) < 4.78 is 0. The van der Waals surface area contributed by atoms with E-state index in [0.29, 0.717) is 35.7 Å². The molecule has 1 saturated heterocycles. The standard InChI is InChI=1S/C26H36N8O2/c1-26(2)19-6-4-18(21(26)14-19)16-28-23-29-24(32-11-3-9-27-10-13-32)31-25(30-23)33-12-8-17-5-7-20(34(35)36)15-22(17)33/h5,7,15,18-19,21,27H,3-4,6,8-14,16H2,1-2H3,(H,28,29,30,31)/t18-,19+,21-/m0/s1. The van der Waals surface area contributed by atoms with Gasteiger partial charge in [-0.15, -0.1) is 0 Å². The average molecular weight is 493 g/mol. The van der Waals surface area contributed by atoms with Gasteiger partial charge >= 0.3 is 0 Å². The molecule has 36 heavy (non-hydrogen) atoms. The lowest BCUT2D eigenvalue weighted by Gasteiger charge is -2.60. The minimum absolute atomic E-state index is 0.0885. The van der Waals surface area contributed by atoms with Crippen LogP contribution in [0.3, 0.4) is 0 Å². The maximum Gasteiger partial charge on any atom is 0.271 e. The molecular formula is C26H36N8O2. The Morgan fingerprint density at radius 1 is 1.14 bits per heavy atom. The van der Waals surface area contributed by atoms with E-state index in [1.807, 2.05) is 11.0 Å². The van der Waals surface area contributed by atoms with Crippen LogP contribution in [0.2, 0.25) is 0 Å². The van der Waals surface area contributed by atoms with Crippen LogP contribution in [0.25, 0.3) is 0 Å². The molecule has 3 heterocycles. The van der Waals surface area contributed by atoms with Gasteiger partial charge in [-0.25, -0.2) is 0 Å². The molecule has 7 rings (SSSR count). The molecule has 10 heteroatoms. The first-order valence-electron chi connectivity index (χ1n) is 13.4. The number of benzene rings is 1. The van der Waals surface area contributed by atoms with E-state index in [4.69, 9.17) is 15.0 Å². The fourth-order valence-corrected chi connectivity index (χ4v) is 6.86. The molecule has 3 aliphatic carbocycles. The molecule has 4 fully saturated rings. The number of nitrogens with one attached hydrogen (secondary N) is 2. The number of fused-ring (bicyclic) bond motifs is 3. The smallest absolute Gasteiger partial charge is 0.271 e. The highest BCUT2D eigenvalue weighted by molar-refractivity contribution is 5.69. The highest BCUT2D eigenvalue weighted by Crippen LogP contribution is 2.61. The van der Waals surface area contributed by atoms with Gasteiger partial charge in [-0.2, -0.15) is 15.0 Å². The van der Waals surface area contributed by atoms with Crippen LogP contribution in [-0.4, -0.2) is 59.1 Å². The zero-order chi connectivity index (χ0) is 24.9. The van der Waals surface area contributed by atoms with Crippen molar-refractivity contribution in [3.05, 3.63) is 33.9 Å². The first kappa shape index (κ1) is 23.4. The molecule has 2 aliphatic heterocycles. The lowest BCUT2D eigenvalue weighted by Crippen LogP contribution is -2.53. The summed E-state index contributed by atoms with van der Waals surface area (Å²) in [6, 6.07) is 5.08. The second-order valence-electron chi connectivity index (χ2n) is 11.4. The van der Waals surface area contributed by atoms with Gasteiger partial charge in [0.2, 0.25) is 17.8 Å². The molecule has 192 valence electrons. The van der Waals surface area contributed by atoms with Gasteiger partial charge in [0, 0.05) is 44.9 Å². The number of nitro groups is 1. The van der Waals surface area contributed by atoms with Crippen molar-refractivity contribution in [1.29, 1.82) is 0 Å². The third kappa shape index (κ3) is 4.15. The first-order chi connectivity index (χ1) is 17.4. The number of nitro benzene ring substituents is 1. The van der Waals surface area contributed by atoms with Gasteiger partial charge in [0.25, 0.3) is 5.69 Å². The highest BCUT2D eigenvalue weighted by Gasteiger charge is 2.53. The molecule has 3 saturated carbocycles. The summed E-state index contributed by atoms with van der Waals surface area (Å²) in [6.07, 6.45) is 5.76. The molecule has 1 aromatic carbocycles. The van der Waals surface area contributed by atoms with Crippen LogP contribution in [-0.2, 0) is 6.42 Å². The monoisotopic (exact) mass is 492 g/mol. The normalized spacial score (nSPS) is 26.7. The zero-order valence-corrected chi connectivity index (χ0v) is 21.2. The molecular weight excluding hydrogens is 456 g/mol. The van der Waals surface area contributed by atoms with Crippen molar-refractivity contribution < 1.29 is 4.92 Å². The lowest BCUT2D eigenvalue weighted by molar-refractivity contribution is -0.384. The Balaban J connectivity index is 1.30.